The van der Waals surface area contributed by atoms with E-state index in [0.717, 1.165) is 16.7 Å². The van der Waals surface area contributed by atoms with Gasteiger partial charge in [0.25, 0.3) is 0 Å². The van der Waals surface area contributed by atoms with E-state index in [0.29, 0.717) is 5.02 Å². The molecule has 2 rings (SSSR count). The summed E-state index contributed by atoms with van der Waals surface area (Å²) in [5, 5.41) is 0.669. The Kier molecular flexibility index (Phi) is 3.67. The molecule has 0 nitrogen and oxygen atoms in total. The van der Waals surface area contributed by atoms with Crippen LogP contribution in [0.5, 0.6) is 0 Å². The highest BCUT2D eigenvalue weighted by atomic mass is 35.5. The van der Waals surface area contributed by atoms with E-state index in [9.17, 15) is 0 Å². The highest BCUT2D eigenvalue weighted by Crippen LogP contribution is 2.41. The zero-order valence-corrected chi connectivity index (χ0v) is 11.5. The van der Waals surface area contributed by atoms with Crippen molar-refractivity contribution in [3.05, 3.63) is 70.2 Å². The fourth-order valence-corrected chi connectivity index (χ4v) is 2.28. The monoisotopic (exact) mass is 284 g/mol. The van der Waals surface area contributed by atoms with Crippen LogP contribution < -0.4 is 0 Å². The van der Waals surface area contributed by atoms with Crippen molar-refractivity contribution in [2.75, 3.05) is 0 Å². The average Bonchev–Trinajstić information content (AvgIpc) is 2.29. The number of aryl methyl sites for hydroxylation is 1. The molecule has 0 aromatic heterocycles. The molecule has 0 amide bonds. The maximum atomic E-state index is 6.43. The predicted octanol–water partition coefficient (Wildman–Crippen LogP) is 5.33. The summed E-state index contributed by atoms with van der Waals surface area (Å²) in [6.07, 6.45) is 0. The van der Waals surface area contributed by atoms with Gasteiger partial charge in [-0.15, -0.1) is 0 Å². The van der Waals surface area contributed by atoms with Gasteiger partial charge in [-0.1, -0.05) is 76.8 Å². The molecule has 0 aliphatic heterocycles. The van der Waals surface area contributed by atoms with Gasteiger partial charge < -0.3 is 0 Å². The molecule has 0 aliphatic carbocycles. The zero-order chi connectivity index (χ0) is 12.5. The smallest absolute Gasteiger partial charge is 0.0909 e. The molecule has 2 aromatic carbocycles. The molecule has 3 heteroatoms. The van der Waals surface area contributed by atoms with Crippen molar-refractivity contribution in [2.45, 2.75) is 11.3 Å². The van der Waals surface area contributed by atoms with E-state index >= 15 is 0 Å². The molecule has 0 saturated heterocycles. The molecule has 0 radical (unpaired) electrons. The maximum absolute atomic E-state index is 6.43. The standard InChI is InChI=1S/C14H11Cl3/c1-10-3-2-4-12(9-10)14(16,17)11-5-7-13(15)8-6-11/h2-9H,1H3. The Morgan fingerprint density at radius 2 is 1.53 bits per heavy atom. The summed E-state index contributed by atoms with van der Waals surface area (Å²) in [6, 6.07) is 15.1. The summed E-state index contributed by atoms with van der Waals surface area (Å²) in [7, 11) is 0. The molecular formula is C14H11Cl3. The molecule has 0 N–H and O–H groups in total. The normalized spacial score (nSPS) is 11.5. The van der Waals surface area contributed by atoms with Crippen LogP contribution in [-0.4, -0.2) is 0 Å². The zero-order valence-electron chi connectivity index (χ0n) is 9.25. The number of hydrogen-bond donors (Lipinski definition) is 0. The Labute approximate surface area is 116 Å². The summed E-state index contributed by atoms with van der Waals surface area (Å²) in [4.78, 5) is 0. The summed E-state index contributed by atoms with van der Waals surface area (Å²) in [6.45, 7) is 2.01. The van der Waals surface area contributed by atoms with E-state index in [2.05, 4.69) is 0 Å². The molecule has 0 aliphatic rings. The lowest BCUT2D eigenvalue weighted by atomic mass is 10.0. The van der Waals surface area contributed by atoms with E-state index in [1.807, 2.05) is 43.3 Å². The largest absolute Gasteiger partial charge is 0.168 e. The van der Waals surface area contributed by atoms with Crippen LogP contribution in [0, 0.1) is 6.92 Å². The lowest BCUT2D eigenvalue weighted by Crippen LogP contribution is -2.12. The van der Waals surface area contributed by atoms with E-state index < -0.39 is 4.33 Å². The second kappa shape index (κ2) is 4.89. The molecule has 0 saturated carbocycles. The predicted molar refractivity (Wildman–Crippen MR) is 75.1 cm³/mol. The number of halogens is 3. The summed E-state index contributed by atoms with van der Waals surface area (Å²) < 4.78 is -1.05. The van der Waals surface area contributed by atoms with Crippen LogP contribution in [0.2, 0.25) is 5.02 Å². The van der Waals surface area contributed by atoms with Crippen LogP contribution in [0.15, 0.2) is 48.5 Å². The van der Waals surface area contributed by atoms with Crippen molar-refractivity contribution in [3.8, 4) is 0 Å². The molecule has 0 unspecified atom stereocenters. The first kappa shape index (κ1) is 12.8. The SMILES string of the molecule is Cc1cccc(C(Cl)(Cl)c2ccc(Cl)cc2)c1. The van der Waals surface area contributed by atoms with Crippen molar-refractivity contribution < 1.29 is 0 Å². The van der Waals surface area contributed by atoms with Gasteiger partial charge >= 0.3 is 0 Å². The van der Waals surface area contributed by atoms with Crippen LogP contribution in [-0.2, 0) is 4.33 Å². The molecule has 17 heavy (non-hydrogen) atoms. The Morgan fingerprint density at radius 3 is 2.12 bits per heavy atom. The minimum Gasteiger partial charge on any atom is -0.0909 e. The van der Waals surface area contributed by atoms with Gasteiger partial charge in [-0.05, 0) is 30.2 Å². The molecule has 0 atom stereocenters. The third-order valence-corrected chi connectivity index (χ3v) is 3.71. The molecule has 0 fully saturated rings. The Bertz CT molecular complexity index is 515. The molecule has 0 bridgehead atoms. The highest BCUT2D eigenvalue weighted by Gasteiger charge is 2.28. The number of hydrogen-bond acceptors (Lipinski definition) is 0. The van der Waals surface area contributed by atoms with Gasteiger partial charge in [0.15, 0.2) is 4.33 Å². The summed E-state index contributed by atoms with van der Waals surface area (Å²) in [5.74, 6) is 0. The number of rotatable bonds is 2. The number of benzene rings is 2. The van der Waals surface area contributed by atoms with Crippen LogP contribution in [0.25, 0.3) is 0 Å². The van der Waals surface area contributed by atoms with Crippen LogP contribution in [0.1, 0.15) is 16.7 Å². The molecular weight excluding hydrogens is 275 g/mol. The molecule has 88 valence electrons. The fraction of sp³-hybridized carbons (Fsp3) is 0.143. The minimum atomic E-state index is -1.05. The van der Waals surface area contributed by atoms with Gasteiger partial charge in [-0.2, -0.15) is 0 Å². The van der Waals surface area contributed by atoms with Crippen molar-refractivity contribution >= 4 is 34.8 Å². The van der Waals surface area contributed by atoms with Crippen LogP contribution in [0.3, 0.4) is 0 Å². The minimum absolute atomic E-state index is 0.669. The Hall–Kier alpha value is -0.690. The fourth-order valence-electron chi connectivity index (χ4n) is 1.67. The molecule has 0 spiro atoms. The third-order valence-electron chi connectivity index (χ3n) is 2.59. The van der Waals surface area contributed by atoms with Crippen LogP contribution >= 0.6 is 34.8 Å². The second-order valence-corrected chi connectivity index (χ2v) is 5.71. The first-order valence-corrected chi connectivity index (χ1v) is 6.34. The van der Waals surface area contributed by atoms with E-state index in [4.69, 9.17) is 34.8 Å². The van der Waals surface area contributed by atoms with E-state index in [1.54, 1.807) is 12.1 Å². The highest BCUT2D eigenvalue weighted by molar-refractivity contribution is 6.50. The van der Waals surface area contributed by atoms with Crippen LogP contribution in [0.4, 0.5) is 0 Å². The lowest BCUT2D eigenvalue weighted by Gasteiger charge is -2.21. The van der Waals surface area contributed by atoms with Gasteiger partial charge in [0.1, 0.15) is 0 Å². The summed E-state index contributed by atoms with van der Waals surface area (Å²) in [5.41, 5.74) is 2.81. The van der Waals surface area contributed by atoms with Gasteiger partial charge in [-0.25, -0.2) is 0 Å². The average molecular weight is 286 g/mol. The molecule has 0 heterocycles. The van der Waals surface area contributed by atoms with Crippen molar-refractivity contribution in [1.29, 1.82) is 0 Å². The molecule has 2 aromatic rings. The topological polar surface area (TPSA) is 0 Å². The van der Waals surface area contributed by atoms with E-state index in [-0.39, 0.29) is 0 Å². The van der Waals surface area contributed by atoms with Gasteiger partial charge in [0.05, 0.1) is 0 Å². The number of alkyl halides is 2. The first-order valence-electron chi connectivity index (χ1n) is 5.21. The maximum Gasteiger partial charge on any atom is 0.168 e. The van der Waals surface area contributed by atoms with Gasteiger partial charge in [-0.3, -0.25) is 0 Å². The quantitative estimate of drug-likeness (QED) is 0.654. The van der Waals surface area contributed by atoms with Crippen molar-refractivity contribution in [3.63, 3.8) is 0 Å². The second-order valence-electron chi connectivity index (χ2n) is 3.95. The lowest BCUT2D eigenvalue weighted by molar-refractivity contribution is 1.03. The van der Waals surface area contributed by atoms with Gasteiger partial charge in [0.2, 0.25) is 0 Å². The van der Waals surface area contributed by atoms with Crippen molar-refractivity contribution in [1.82, 2.24) is 0 Å². The summed E-state index contributed by atoms with van der Waals surface area (Å²) >= 11 is 18.7. The van der Waals surface area contributed by atoms with Crippen molar-refractivity contribution in [2.24, 2.45) is 0 Å². The van der Waals surface area contributed by atoms with E-state index in [1.165, 1.54) is 0 Å². The third kappa shape index (κ3) is 2.77. The first-order chi connectivity index (χ1) is 8.00. The Balaban J connectivity index is 2.45. The Morgan fingerprint density at radius 1 is 0.882 bits per heavy atom. The van der Waals surface area contributed by atoms with Gasteiger partial charge in [0, 0.05) is 5.02 Å².